The first-order chi connectivity index (χ1) is 18.1. The average molecular weight is 480 g/mol. The van der Waals surface area contributed by atoms with Crippen molar-refractivity contribution in [1.29, 1.82) is 0 Å². The fraction of sp³-hybridized carbons (Fsp3) is 0.0625. The minimum absolute atomic E-state index is 0.504. The Morgan fingerprint density at radius 1 is 0.649 bits per heavy atom. The lowest BCUT2D eigenvalue weighted by molar-refractivity contribution is 0.837. The first-order valence-electron chi connectivity index (χ1n) is 12.3. The number of benzene rings is 4. The number of aliphatic imine (C=N–C) groups is 2. The Hall–Kier alpha value is -4.51. The second-order valence-corrected chi connectivity index (χ2v) is 9.21. The predicted octanol–water partition coefficient (Wildman–Crippen LogP) is 7.72. The van der Waals surface area contributed by atoms with E-state index in [0.29, 0.717) is 19.3 Å². The summed E-state index contributed by atoms with van der Waals surface area (Å²) in [4.78, 5) is 10.1. The minimum atomic E-state index is 0.504. The van der Waals surface area contributed by atoms with Gasteiger partial charge in [0.25, 0.3) is 0 Å². The van der Waals surface area contributed by atoms with Crippen LogP contribution in [0.2, 0.25) is 0 Å². The van der Waals surface area contributed by atoms with Crippen LogP contribution in [0.25, 0.3) is 22.4 Å². The Morgan fingerprint density at radius 2 is 1.19 bits per heavy atom. The molecule has 6 rings (SSSR count). The number of aryl methyl sites for hydroxylation is 2. The molecular formula is C32H24BFN3. The quantitative estimate of drug-likeness (QED) is 0.231. The Kier molecular flexibility index (Phi) is 5.89. The first-order valence-corrected chi connectivity index (χ1v) is 12.3. The highest BCUT2D eigenvalue weighted by molar-refractivity contribution is 6.30. The lowest BCUT2D eigenvalue weighted by Gasteiger charge is -2.09. The van der Waals surface area contributed by atoms with Crippen LogP contribution in [0.4, 0.5) is 10.1 Å². The predicted molar refractivity (Wildman–Crippen MR) is 152 cm³/mol. The van der Waals surface area contributed by atoms with Gasteiger partial charge in [0, 0.05) is 27.9 Å². The number of fused-ring (bicyclic) bond motifs is 1. The van der Waals surface area contributed by atoms with Gasteiger partial charge in [-0.25, -0.2) is 9.98 Å². The van der Waals surface area contributed by atoms with E-state index in [1.165, 1.54) is 10.0 Å². The van der Waals surface area contributed by atoms with Crippen LogP contribution in [0.5, 0.6) is 0 Å². The number of hydrogen-bond acceptors (Lipinski definition) is 1. The van der Waals surface area contributed by atoms with Gasteiger partial charge >= 0.3 is 7.69 Å². The van der Waals surface area contributed by atoms with Crippen LogP contribution in [-0.4, -0.2) is 23.7 Å². The van der Waals surface area contributed by atoms with Crippen molar-refractivity contribution in [2.75, 3.05) is 0 Å². The van der Waals surface area contributed by atoms with Gasteiger partial charge in [0.1, 0.15) is 5.82 Å². The number of aromatic nitrogens is 1. The van der Waals surface area contributed by atoms with Crippen molar-refractivity contribution in [2.24, 2.45) is 9.98 Å². The van der Waals surface area contributed by atoms with E-state index in [9.17, 15) is 4.32 Å². The van der Waals surface area contributed by atoms with Gasteiger partial charge in [-0.2, -0.15) is 0 Å². The molecule has 37 heavy (non-hydrogen) atoms. The Labute approximate surface area is 217 Å². The molecule has 1 aliphatic rings. The molecule has 0 aliphatic carbocycles. The molecule has 0 N–H and O–H groups in total. The Bertz CT molecular complexity index is 1650. The van der Waals surface area contributed by atoms with Crippen molar-refractivity contribution in [1.82, 2.24) is 4.48 Å². The van der Waals surface area contributed by atoms with Crippen molar-refractivity contribution in [2.45, 2.75) is 13.8 Å². The topological polar surface area (TPSA) is 29.6 Å². The van der Waals surface area contributed by atoms with E-state index in [-0.39, 0.29) is 0 Å². The van der Waals surface area contributed by atoms with Crippen molar-refractivity contribution < 1.29 is 4.32 Å². The third-order valence-corrected chi connectivity index (χ3v) is 6.87. The minimum Gasteiger partial charge on any atom is -0.342 e. The largest absolute Gasteiger partial charge is 0.496 e. The summed E-state index contributed by atoms with van der Waals surface area (Å²) in [5.41, 5.74) is 9.70. The van der Waals surface area contributed by atoms with Gasteiger partial charge in [0.05, 0.1) is 5.71 Å². The molecule has 177 valence electrons. The molecule has 1 aromatic heterocycles. The summed E-state index contributed by atoms with van der Waals surface area (Å²) in [6.07, 6.45) is 0. The van der Waals surface area contributed by atoms with E-state index in [0.717, 1.165) is 50.3 Å². The number of nitrogens with zero attached hydrogens (tertiary/aromatic N) is 3. The van der Waals surface area contributed by atoms with Gasteiger partial charge in [-0.3, -0.25) is 0 Å². The molecule has 0 unspecified atom stereocenters. The second-order valence-electron chi connectivity index (χ2n) is 9.21. The molecule has 0 saturated carbocycles. The van der Waals surface area contributed by atoms with Gasteiger partial charge in [-0.15, -0.1) is 0 Å². The smallest absolute Gasteiger partial charge is 0.342 e. The molecule has 2 heterocycles. The molecule has 1 radical (unpaired) electrons. The van der Waals surface area contributed by atoms with Crippen molar-refractivity contribution >= 4 is 25.1 Å². The SMILES string of the molecule is Cc1cc2c(cc1C)C(c1ccccc1)=NC2=Nc1c(-c2ccccc2)cc(-c2ccccc2)n1[B]F. The normalized spacial score (nSPS) is 13.5. The third kappa shape index (κ3) is 4.13. The van der Waals surface area contributed by atoms with Gasteiger partial charge in [-0.05, 0) is 54.3 Å². The highest BCUT2D eigenvalue weighted by Gasteiger charge is 2.26. The van der Waals surface area contributed by atoms with Crippen LogP contribution in [0, 0.1) is 13.8 Å². The molecular weight excluding hydrogens is 456 g/mol. The highest BCUT2D eigenvalue weighted by atomic mass is 19.1. The zero-order valence-electron chi connectivity index (χ0n) is 20.7. The highest BCUT2D eigenvalue weighted by Crippen LogP contribution is 2.39. The fourth-order valence-electron chi connectivity index (χ4n) is 4.81. The molecule has 0 saturated heterocycles. The maximum atomic E-state index is 14.6. The van der Waals surface area contributed by atoms with Crippen LogP contribution in [0.15, 0.2) is 119 Å². The molecule has 0 bridgehead atoms. The first kappa shape index (κ1) is 22.9. The molecule has 3 nitrogen and oxygen atoms in total. The molecule has 0 fully saturated rings. The van der Waals surface area contributed by atoms with Crippen LogP contribution in [0.3, 0.4) is 0 Å². The summed E-state index contributed by atoms with van der Waals surface area (Å²) in [5, 5.41) is 0. The van der Waals surface area contributed by atoms with E-state index in [4.69, 9.17) is 9.98 Å². The number of amidine groups is 1. The number of hydrogen-bond donors (Lipinski definition) is 0. The van der Waals surface area contributed by atoms with Crippen molar-refractivity contribution in [3.05, 3.63) is 137 Å². The van der Waals surface area contributed by atoms with Crippen LogP contribution >= 0.6 is 0 Å². The zero-order valence-corrected chi connectivity index (χ0v) is 20.7. The summed E-state index contributed by atoms with van der Waals surface area (Å²) in [6, 6.07) is 36.2. The maximum Gasteiger partial charge on any atom is 0.496 e. The Morgan fingerprint density at radius 3 is 1.78 bits per heavy atom. The van der Waals surface area contributed by atoms with Gasteiger partial charge in [0.2, 0.25) is 0 Å². The van der Waals surface area contributed by atoms with E-state index >= 15 is 0 Å². The summed E-state index contributed by atoms with van der Waals surface area (Å²) in [7, 11) is 0.590. The van der Waals surface area contributed by atoms with Gasteiger partial charge in [0.15, 0.2) is 5.84 Å². The van der Waals surface area contributed by atoms with Crippen LogP contribution in [-0.2, 0) is 0 Å². The summed E-state index contributed by atoms with van der Waals surface area (Å²) in [6.45, 7) is 4.20. The van der Waals surface area contributed by atoms with E-state index in [1.807, 2.05) is 84.9 Å². The fourth-order valence-corrected chi connectivity index (χ4v) is 4.81. The lowest BCUT2D eigenvalue weighted by atomic mass is 9.95. The number of halogens is 1. The van der Waals surface area contributed by atoms with E-state index in [2.05, 4.69) is 38.1 Å². The molecule has 0 atom stereocenters. The maximum absolute atomic E-state index is 14.6. The lowest BCUT2D eigenvalue weighted by Crippen LogP contribution is -2.04. The zero-order chi connectivity index (χ0) is 25.4. The molecule has 5 heteroatoms. The molecule has 1 aliphatic heterocycles. The summed E-state index contributed by atoms with van der Waals surface area (Å²) in [5.74, 6) is 1.08. The summed E-state index contributed by atoms with van der Waals surface area (Å²) >= 11 is 0. The second kappa shape index (κ2) is 9.51. The molecule has 0 amide bonds. The summed E-state index contributed by atoms with van der Waals surface area (Å²) < 4.78 is 16.1. The average Bonchev–Trinajstić information content (AvgIpc) is 3.48. The standard InChI is InChI=1S/C32H24BFN3/c1-21-18-27-28(19-22(21)2)31(35-30(27)25-16-10-5-11-17-25)36-32-26(23-12-6-3-7-13-23)20-29(37(32)33-34)24-14-8-4-9-15-24/h3-20H,1-2H3. The molecule has 5 aromatic rings. The van der Waals surface area contributed by atoms with Crippen LogP contribution < -0.4 is 0 Å². The third-order valence-electron chi connectivity index (χ3n) is 6.87. The van der Waals surface area contributed by atoms with Gasteiger partial charge in [-0.1, -0.05) is 91.0 Å². The van der Waals surface area contributed by atoms with Crippen LogP contribution in [0.1, 0.15) is 27.8 Å². The molecule has 4 aromatic carbocycles. The monoisotopic (exact) mass is 480 g/mol. The van der Waals surface area contributed by atoms with Gasteiger partial charge < -0.3 is 8.79 Å². The van der Waals surface area contributed by atoms with E-state index < -0.39 is 0 Å². The van der Waals surface area contributed by atoms with Crippen molar-refractivity contribution in [3.8, 4) is 22.4 Å². The Balaban J connectivity index is 1.62. The van der Waals surface area contributed by atoms with E-state index in [1.54, 1.807) is 0 Å². The number of rotatable bonds is 5. The molecule has 0 spiro atoms. The van der Waals surface area contributed by atoms with Crippen molar-refractivity contribution in [3.63, 3.8) is 0 Å².